The van der Waals surface area contributed by atoms with Gasteiger partial charge in [-0.2, -0.15) is 0 Å². The summed E-state index contributed by atoms with van der Waals surface area (Å²) in [5, 5.41) is 0.899. The standard InChI is InChI=1S/C20H20O3/c1-13(2)16-6-4-15(5-7-16)12-22-18-9-8-17-10-14(3)20(21)23-19(17)11-18/h4-11,13H,12H2,1-3H3. The molecule has 0 aliphatic heterocycles. The third kappa shape index (κ3) is 3.45. The number of benzene rings is 2. The summed E-state index contributed by atoms with van der Waals surface area (Å²) in [6, 6.07) is 15.8. The van der Waals surface area contributed by atoms with E-state index in [2.05, 4.69) is 38.1 Å². The zero-order valence-electron chi connectivity index (χ0n) is 13.6. The molecule has 0 bridgehead atoms. The Morgan fingerprint density at radius 3 is 2.48 bits per heavy atom. The Balaban J connectivity index is 1.76. The Kier molecular flexibility index (Phi) is 4.20. The van der Waals surface area contributed by atoms with Crippen molar-refractivity contribution in [3.8, 4) is 5.75 Å². The van der Waals surface area contributed by atoms with Gasteiger partial charge in [-0.15, -0.1) is 0 Å². The van der Waals surface area contributed by atoms with Crippen LogP contribution < -0.4 is 10.4 Å². The molecule has 23 heavy (non-hydrogen) atoms. The molecule has 3 nitrogen and oxygen atoms in total. The first-order valence-electron chi connectivity index (χ1n) is 7.79. The maximum atomic E-state index is 11.6. The van der Waals surface area contributed by atoms with E-state index in [-0.39, 0.29) is 5.63 Å². The van der Waals surface area contributed by atoms with Gasteiger partial charge in [0.15, 0.2) is 0 Å². The number of hydrogen-bond acceptors (Lipinski definition) is 3. The molecule has 0 aliphatic rings. The van der Waals surface area contributed by atoms with Crippen molar-refractivity contribution in [3.63, 3.8) is 0 Å². The number of fused-ring (bicyclic) bond motifs is 1. The molecular formula is C20H20O3. The number of aryl methyl sites for hydroxylation is 1. The van der Waals surface area contributed by atoms with Crippen LogP contribution in [0.2, 0.25) is 0 Å². The summed E-state index contributed by atoms with van der Waals surface area (Å²) in [5.74, 6) is 1.22. The topological polar surface area (TPSA) is 39.4 Å². The van der Waals surface area contributed by atoms with Crippen LogP contribution in [0.3, 0.4) is 0 Å². The molecule has 1 aromatic heterocycles. The van der Waals surface area contributed by atoms with E-state index in [4.69, 9.17) is 9.15 Å². The van der Waals surface area contributed by atoms with E-state index in [1.807, 2.05) is 18.2 Å². The summed E-state index contributed by atoms with van der Waals surface area (Å²) >= 11 is 0. The molecule has 2 aromatic carbocycles. The van der Waals surface area contributed by atoms with E-state index in [0.29, 0.717) is 29.4 Å². The lowest BCUT2D eigenvalue weighted by atomic mass is 10.0. The van der Waals surface area contributed by atoms with Crippen LogP contribution in [0.25, 0.3) is 11.0 Å². The molecule has 3 aromatic rings. The van der Waals surface area contributed by atoms with Crippen molar-refractivity contribution in [2.24, 2.45) is 0 Å². The van der Waals surface area contributed by atoms with Gasteiger partial charge in [0.25, 0.3) is 0 Å². The number of rotatable bonds is 4. The van der Waals surface area contributed by atoms with Gasteiger partial charge in [-0.25, -0.2) is 4.79 Å². The first kappa shape index (κ1) is 15.3. The van der Waals surface area contributed by atoms with Crippen molar-refractivity contribution in [1.82, 2.24) is 0 Å². The van der Waals surface area contributed by atoms with E-state index >= 15 is 0 Å². The van der Waals surface area contributed by atoms with Gasteiger partial charge in [-0.3, -0.25) is 0 Å². The minimum Gasteiger partial charge on any atom is -0.489 e. The first-order chi connectivity index (χ1) is 11.0. The molecule has 0 aliphatic carbocycles. The van der Waals surface area contributed by atoms with E-state index in [9.17, 15) is 4.79 Å². The second kappa shape index (κ2) is 6.29. The Labute approximate surface area is 135 Å². The largest absolute Gasteiger partial charge is 0.489 e. The van der Waals surface area contributed by atoms with Crippen LogP contribution in [0.5, 0.6) is 5.75 Å². The lowest BCUT2D eigenvalue weighted by Crippen LogP contribution is -2.02. The van der Waals surface area contributed by atoms with E-state index in [0.717, 1.165) is 10.9 Å². The SMILES string of the molecule is Cc1cc2ccc(OCc3ccc(C(C)C)cc3)cc2oc1=O. The molecule has 0 radical (unpaired) electrons. The van der Waals surface area contributed by atoms with Gasteiger partial charge < -0.3 is 9.15 Å². The van der Waals surface area contributed by atoms with Crippen LogP contribution in [0, 0.1) is 6.92 Å². The average molecular weight is 308 g/mol. The molecule has 1 heterocycles. The predicted molar refractivity (Wildman–Crippen MR) is 92.1 cm³/mol. The van der Waals surface area contributed by atoms with Gasteiger partial charge in [0.2, 0.25) is 0 Å². The van der Waals surface area contributed by atoms with Crippen LogP contribution in [0.15, 0.2) is 57.7 Å². The summed E-state index contributed by atoms with van der Waals surface area (Å²) in [6.45, 7) is 6.59. The molecule has 0 saturated carbocycles. The van der Waals surface area contributed by atoms with E-state index in [1.54, 1.807) is 13.0 Å². The average Bonchev–Trinajstić information content (AvgIpc) is 2.54. The number of hydrogen-bond donors (Lipinski definition) is 0. The summed E-state index contributed by atoms with van der Waals surface area (Å²) in [6.07, 6.45) is 0. The smallest absolute Gasteiger partial charge is 0.339 e. The highest BCUT2D eigenvalue weighted by Gasteiger charge is 2.04. The minimum absolute atomic E-state index is 0.307. The Hall–Kier alpha value is -2.55. The fourth-order valence-corrected chi connectivity index (χ4v) is 2.45. The van der Waals surface area contributed by atoms with Crippen LogP contribution in [0.1, 0.15) is 36.5 Å². The second-order valence-corrected chi connectivity index (χ2v) is 6.10. The summed E-state index contributed by atoms with van der Waals surface area (Å²) in [7, 11) is 0. The van der Waals surface area contributed by atoms with Crippen molar-refractivity contribution < 1.29 is 9.15 Å². The van der Waals surface area contributed by atoms with Crippen molar-refractivity contribution in [3.05, 3.63) is 75.6 Å². The van der Waals surface area contributed by atoms with Crippen LogP contribution >= 0.6 is 0 Å². The van der Waals surface area contributed by atoms with Crippen molar-refractivity contribution >= 4 is 11.0 Å². The van der Waals surface area contributed by atoms with Crippen molar-refractivity contribution in [2.45, 2.75) is 33.3 Å². The normalized spacial score (nSPS) is 11.1. The van der Waals surface area contributed by atoms with Gasteiger partial charge in [0.05, 0.1) is 0 Å². The summed E-state index contributed by atoms with van der Waals surface area (Å²) in [4.78, 5) is 11.6. The van der Waals surface area contributed by atoms with Gasteiger partial charge in [0.1, 0.15) is 17.9 Å². The Bertz CT molecular complexity index is 874. The monoisotopic (exact) mass is 308 g/mol. The molecule has 0 saturated heterocycles. The minimum atomic E-state index is -0.307. The third-order valence-corrected chi connectivity index (χ3v) is 3.93. The zero-order valence-corrected chi connectivity index (χ0v) is 13.6. The maximum absolute atomic E-state index is 11.6. The molecule has 0 unspecified atom stereocenters. The fourth-order valence-electron chi connectivity index (χ4n) is 2.45. The molecule has 0 amide bonds. The maximum Gasteiger partial charge on any atom is 0.339 e. The van der Waals surface area contributed by atoms with Gasteiger partial charge in [0, 0.05) is 17.0 Å². The highest BCUT2D eigenvalue weighted by molar-refractivity contribution is 5.78. The van der Waals surface area contributed by atoms with E-state index in [1.165, 1.54) is 5.56 Å². The highest BCUT2D eigenvalue weighted by atomic mass is 16.5. The van der Waals surface area contributed by atoms with Crippen LogP contribution in [0.4, 0.5) is 0 Å². The predicted octanol–water partition coefficient (Wildman–Crippen LogP) is 4.80. The molecule has 0 N–H and O–H groups in total. The first-order valence-corrected chi connectivity index (χ1v) is 7.79. The zero-order chi connectivity index (χ0) is 16.4. The van der Waals surface area contributed by atoms with Crippen molar-refractivity contribution in [2.75, 3.05) is 0 Å². The molecule has 118 valence electrons. The molecule has 0 atom stereocenters. The Morgan fingerprint density at radius 1 is 1.04 bits per heavy atom. The van der Waals surface area contributed by atoms with Crippen LogP contribution in [-0.2, 0) is 6.61 Å². The van der Waals surface area contributed by atoms with E-state index < -0.39 is 0 Å². The molecule has 3 heteroatoms. The molecule has 0 fully saturated rings. The summed E-state index contributed by atoms with van der Waals surface area (Å²) < 4.78 is 11.1. The fraction of sp³-hybridized carbons (Fsp3) is 0.250. The lowest BCUT2D eigenvalue weighted by molar-refractivity contribution is 0.306. The number of ether oxygens (including phenoxy) is 1. The Morgan fingerprint density at radius 2 is 1.78 bits per heavy atom. The van der Waals surface area contributed by atoms with Crippen molar-refractivity contribution in [1.29, 1.82) is 0 Å². The van der Waals surface area contributed by atoms with Crippen LogP contribution in [-0.4, -0.2) is 0 Å². The molecule has 3 rings (SSSR count). The lowest BCUT2D eigenvalue weighted by Gasteiger charge is -2.09. The second-order valence-electron chi connectivity index (χ2n) is 6.10. The van der Waals surface area contributed by atoms with Gasteiger partial charge >= 0.3 is 5.63 Å². The highest BCUT2D eigenvalue weighted by Crippen LogP contribution is 2.22. The molecule has 0 spiro atoms. The van der Waals surface area contributed by atoms with Gasteiger partial charge in [-0.05, 0) is 42.2 Å². The third-order valence-electron chi connectivity index (χ3n) is 3.93. The quantitative estimate of drug-likeness (QED) is 0.650. The molecular weight excluding hydrogens is 288 g/mol. The van der Waals surface area contributed by atoms with Gasteiger partial charge in [-0.1, -0.05) is 38.1 Å². The summed E-state index contributed by atoms with van der Waals surface area (Å²) in [5.41, 5.74) is 3.28.